The van der Waals surface area contributed by atoms with Crippen molar-refractivity contribution in [1.82, 2.24) is 14.7 Å². The molecule has 1 aromatic rings. The zero-order valence-electron chi connectivity index (χ0n) is 15.3. The second-order valence-corrected chi connectivity index (χ2v) is 7.29. The first-order chi connectivity index (χ1) is 12.1. The van der Waals surface area contributed by atoms with Gasteiger partial charge in [0.1, 0.15) is 11.8 Å². The lowest BCUT2D eigenvalue weighted by molar-refractivity contribution is -0.124. The van der Waals surface area contributed by atoms with Crippen molar-refractivity contribution in [3.05, 3.63) is 29.1 Å². The number of hydrogen-bond donors (Lipinski definition) is 0. The van der Waals surface area contributed by atoms with Crippen LogP contribution in [-0.2, 0) is 11.8 Å². The number of alkyl halides is 2. The Bertz CT molecular complexity index is 790. The molecule has 26 heavy (non-hydrogen) atoms. The van der Waals surface area contributed by atoms with E-state index in [9.17, 15) is 18.4 Å². The monoisotopic (exact) mass is 364 g/mol. The Labute approximate surface area is 151 Å². The highest BCUT2D eigenvalue weighted by atomic mass is 19.3. The Morgan fingerprint density at radius 3 is 2.77 bits per heavy atom. The van der Waals surface area contributed by atoms with Crippen LogP contribution in [0, 0.1) is 22.7 Å². The number of ketones is 1. The van der Waals surface area contributed by atoms with Crippen molar-refractivity contribution >= 4 is 11.7 Å². The molecule has 0 radical (unpaired) electrons. The molecule has 0 bridgehead atoms. The normalized spacial score (nSPS) is 19.2. The molecule has 1 aliphatic rings. The molecule has 1 amide bonds. The topological polar surface area (TPSA) is 79.0 Å². The summed E-state index contributed by atoms with van der Waals surface area (Å²) in [5.74, 6) is -0.724. The summed E-state index contributed by atoms with van der Waals surface area (Å²) in [5.41, 5.74) is -1.12. The molecule has 140 valence electrons. The minimum atomic E-state index is -2.82. The third kappa shape index (κ3) is 3.98. The largest absolute Gasteiger partial charge is 0.342 e. The van der Waals surface area contributed by atoms with Gasteiger partial charge in [0.15, 0.2) is 5.78 Å². The van der Waals surface area contributed by atoms with E-state index in [1.165, 1.54) is 22.8 Å². The van der Waals surface area contributed by atoms with Crippen LogP contribution >= 0.6 is 0 Å². The van der Waals surface area contributed by atoms with Crippen molar-refractivity contribution in [3.8, 4) is 6.07 Å². The lowest BCUT2D eigenvalue weighted by atomic mass is 9.71. The number of rotatable bonds is 5. The number of allylic oxidation sites excluding steroid dienone is 2. The van der Waals surface area contributed by atoms with Gasteiger partial charge in [0.2, 0.25) is 0 Å². The standard InChI is InChI=1S/C18H22F2N4O2/c1-18(2)8-11(7-12(9-21)15(18)25)5-6-23(3)17(26)13-10-24(4)22-14(13)16(19)20/h7,10-11,16H,5-6,8H2,1-4H3/t11-/m0/s1. The Balaban J connectivity index is 2.08. The van der Waals surface area contributed by atoms with Crippen LogP contribution in [0.1, 0.15) is 49.2 Å². The molecule has 0 aromatic carbocycles. The number of nitrogens with zero attached hydrogens (tertiary/aromatic N) is 4. The van der Waals surface area contributed by atoms with Crippen LogP contribution in [0.4, 0.5) is 8.78 Å². The second kappa shape index (κ2) is 7.36. The number of carbonyl (C=O) groups excluding carboxylic acids is 2. The predicted octanol–water partition coefficient (Wildman–Crippen LogP) is 2.88. The summed E-state index contributed by atoms with van der Waals surface area (Å²) in [5, 5.41) is 12.8. The second-order valence-electron chi connectivity index (χ2n) is 7.29. The number of aryl methyl sites for hydroxylation is 1. The molecule has 0 aliphatic heterocycles. The van der Waals surface area contributed by atoms with Gasteiger partial charge >= 0.3 is 0 Å². The van der Waals surface area contributed by atoms with Gasteiger partial charge in [-0.05, 0) is 18.8 Å². The molecule has 0 spiro atoms. The van der Waals surface area contributed by atoms with Crippen molar-refractivity contribution in [1.29, 1.82) is 5.26 Å². The maximum atomic E-state index is 13.0. The molecule has 1 atom stereocenters. The third-order valence-corrected chi connectivity index (χ3v) is 4.63. The van der Waals surface area contributed by atoms with Crippen molar-refractivity contribution < 1.29 is 18.4 Å². The molecule has 6 nitrogen and oxygen atoms in total. The average molecular weight is 364 g/mol. The number of Topliss-reactive ketones (excluding diaryl/α,β-unsaturated/α-hetero) is 1. The van der Waals surface area contributed by atoms with E-state index in [-0.39, 0.29) is 22.8 Å². The molecule has 2 rings (SSSR count). The van der Waals surface area contributed by atoms with E-state index in [1.807, 2.05) is 6.07 Å². The van der Waals surface area contributed by atoms with E-state index in [0.29, 0.717) is 19.4 Å². The predicted molar refractivity (Wildman–Crippen MR) is 90.3 cm³/mol. The van der Waals surface area contributed by atoms with Gasteiger partial charge in [-0.2, -0.15) is 10.4 Å². The zero-order valence-corrected chi connectivity index (χ0v) is 15.3. The summed E-state index contributed by atoms with van der Waals surface area (Å²) >= 11 is 0. The Hall–Kier alpha value is -2.56. The Morgan fingerprint density at radius 1 is 1.54 bits per heavy atom. The number of halogens is 2. The molecule has 1 heterocycles. The summed E-state index contributed by atoms with van der Waals surface area (Å²) in [6.45, 7) is 3.92. The molecule has 0 unspecified atom stereocenters. The van der Waals surface area contributed by atoms with E-state index in [0.717, 1.165) is 0 Å². The lowest BCUT2D eigenvalue weighted by Gasteiger charge is -2.32. The lowest BCUT2D eigenvalue weighted by Crippen LogP contribution is -2.34. The van der Waals surface area contributed by atoms with Crippen LogP contribution in [-0.4, -0.2) is 40.0 Å². The van der Waals surface area contributed by atoms with Crippen LogP contribution in [0.15, 0.2) is 17.8 Å². The highest BCUT2D eigenvalue weighted by Gasteiger charge is 2.37. The number of hydrogen-bond acceptors (Lipinski definition) is 4. The first-order valence-corrected chi connectivity index (χ1v) is 8.30. The molecule has 0 saturated heterocycles. The highest BCUT2D eigenvalue weighted by Crippen LogP contribution is 2.36. The molecule has 0 fully saturated rings. The molecule has 1 aromatic heterocycles. The van der Waals surface area contributed by atoms with Crippen molar-refractivity contribution in [3.63, 3.8) is 0 Å². The molecule has 1 aliphatic carbocycles. The number of nitriles is 1. The maximum absolute atomic E-state index is 13.0. The van der Waals surface area contributed by atoms with Gasteiger partial charge in [-0.3, -0.25) is 14.3 Å². The van der Waals surface area contributed by atoms with Crippen molar-refractivity contribution in [2.24, 2.45) is 18.4 Å². The first-order valence-electron chi connectivity index (χ1n) is 8.30. The molecular formula is C18H22F2N4O2. The van der Waals surface area contributed by atoms with Gasteiger partial charge in [0, 0.05) is 32.3 Å². The van der Waals surface area contributed by atoms with Crippen LogP contribution in [0.2, 0.25) is 0 Å². The van der Waals surface area contributed by atoms with Crippen molar-refractivity contribution in [2.45, 2.75) is 33.1 Å². The minimum absolute atomic E-state index is 0.0314. The maximum Gasteiger partial charge on any atom is 0.282 e. The summed E-state index contributed by atoms with van der Waals surface area (Å²) in [4.78, 5) is 26.0. The molecule has 8 heteroatoms. The van der Waals surface area contributed by atoms with Crippen LogP contribution in [0.5, 0.6) is 0 Å². The van der Waals surface area contributed by atoms with E-state index in [1.54, 1.807) is 27.0 Å². The fraction of sp³-hybridized carbons (Fsp3) is 0.556. The van der Waals surface area contributed by atoms with E-state index in [4.69, 9.17) is 5.26 Å². The quantitative estimate of drug-likeness (QED) is 0.805. The summed E-state index contributed by atoms with van der Waals surface area (Å²) in [6.07, 6.45) is 1.23. The van der Waals surface area contributed by atoms with Crippen LogP contribution in [0.3, 0.4) is 0 Å². The van der Waals surface area contributed by atoms with Gasteiger partial charge in [0.05, 0.1) is 11.1 Å². The van der Waals surface area contributed by atoms with E-state index < -0.39 is 23.4 Å². The molecule has 0 saturated carbocycles. The van der Waals surface area contributed by atoms with Gasteiger partial charge in [-0.25, -0.2) is 8.78 Å². The average Bonchev–Trinajstić information content (AvgIpc) is 2.96. The molecule has 0 N–H and O–H groups in total. The first kappa shape index (κ1) is 19.8. The number of carbonyl (C=O) groups is 2. The van der Waals surface area contributed by atoms with E-state index in [2.05, 4.69) is 5.10 Å². The number of amides is 1. The fourth-order valence-electron chi connectivity index (χ4n) is 3.25. The summed E-state index contributed by atoms with van der Waals surface area (Å²) in [7, 11) is 3.02. The Morgan fingerprint density at radius 2 is 2.19 bits per heavy atom. The smallest absolute Gasteiger partial charge is 0.282 e. The fourth-order valence-corrected chi connectivity index (χ4v) is 3.25. The van der Waals surface area contributed by atoms with Crippen molar-refractivity contribution in [2.75, 3.05) is 13.6 Å². The Kier molecular flexibility index (Phi) is 5.59. The van der Waals surface area contributed by atoms with Gasteiger partial charge in [-0.1, -0.05) is 19.9 Å². The third-order valence-electron chi connectivity index (χ3n) is 4.63. The van der Waals surface area contributed by atoms with E-state index >= 15 is 0 Å². The van der Waals surface area contributed by atoms with Gasteiger partial charge in [0.25, 0.3) is 12.3 Å². The molecular weight excluding hydrogens is 342 g/mol. The number of aromatic nitrogens is 2. The van der Waals surface area contributed by atoms with Crippen LogP contribution in [0.25, 0.3) is 0 Å². The SMILES string of the molecule is CN(CC[C@H]1C=C(C#N)C(=O)C(C)(C)C1)C(=O)c1cn(C)nc1C(F)F. The minimum Gasteiger partial charge on any atom is -0.342 e. The van der Waals surface area contributed by atoms with Gasteiger partial charge in [-0.15, -0.1) is 0 Å². The van der Waals surface area contributed by atoms with Gasteiger partial charge < -0.3 is 4.90 Å². The van der Waals surface area contributed by atoms with Crippen LogP contribution < -0.4 is 0 Å². The summed E-state index contributed by atoms with van der Waals surface area (Å²) < 4.78 is 27.3. The zero-order chi connectivity index (χ0) is 19.6. The summed E-state index contributed by atoms with van der Waals surface area (Å²) in [6, 6.07) is 1.93. The highest BCUT2D eigenvalue weighted by molar-refractivity contribution is 6.03.